The Morgan fingerprint density at radius 1 is 1.42 bits per heavy atom. The molecule has 0 aliphatic carbocycles. The molecule has 1 aromatic rings. The molecule has 1 atom stereocenters. The number of hydrogen-bond acceptors (Lipinski definition) is 6. The number of amides is 1. The van der Waals surface area contributed by atoms with Crippen LogP contribution in [-0.2, 0) is 19.0 Å². The van der Waals surface area contributed by atoms with Crippen molar-refractivity contribution in [1.82, 2.24) is 0 Å². The fourth-order valence-electron chi connectivity index (χ4n) is 2.11. The van der Waals surface area contributed by atoms with Gasteiger partial charge in [0, 0.05) is 12.3 Å². The normalized spacial score (nSPS) is 16.9. The lowest BCUT2D eigenvalue weighted by molar-refractivity contribution is -0.122. The van der Waals surface area contributed by atoms with Gasteiger partial charge >= 0.3 is 12.6 Å². The molecular formula is C15H17F2NO6. The van der Waals surface area contributed by atoms with Gasteiger partial charge in [0.05, 0.1) is 19.8 Å². The van der Waals surface area contributed by atoms with Crippen molar-refractivity contribution in [3.8, 4) is 5.75 Å². The van der Waals surface area contributed by atoms with Crippen molar-refractivity contribution in [2.24, 2.45) is 0 Å². The third-order valence-electron chi connectivity index (χ3n) is 3.22. The Bertz CT molecular complexity index is 589. The molecule has 1 N–H and O–H groups in total. The molecule has 0 spiro atoms. The van der Waals surface area contributed by atoms with Gasteiger partial charge in [-0.15, -0.1) is 0 Å². The van der Waals surface area contributed by atoms with E-state index in [1.54, 1.807) is 0 Å². The smallest absolute Gasteiger partial charge is 0.387 e. The summed E-state index contributed by atoms with van der Waals surface area (Å²) < 4.78 is 44.0. The maximum absolute atomic E-state index is 12.4. The van der Waals surface area contributed by atoms with Gasteiger partial charge in [0.1, 0.15) is 17.9 Å². The molecule has 1 fully saturated rings. The van der Waals surface area contributed by atoms with Crippen LogP contribution in [0.1, 0.15) is 16.8 Å². The minimum Gasteiger partial charge on any atom is -0.465 e. The Morgan fingerprint density at radius 2 is 2.21 bits per heavy atom. The van der Waals surface area contributed by atoms with Crippen LogP contribution in [-0.4, -0.2) is 51.5 Å². The van der Waals surface area contributed by atoms with Crippen LogP contribution in [0.5, 0.6) is 5.75 Å². The standard InChI is InChI=1S/C15H17F2NO6/c1-21-14(20)11-6-9(2-3-12(11)24-15(16)17)18-13(19)8-23-10-4-5-22-7-10/h2-3,6,10,15H,4-5,7-8H2,1H3,(H,18,19)/t10-/m1/s1. The summed E-state index contributed by atoms with van der Waals surface area (Å²) in [5.41, 5.74) is 0.00833. The molecule has 0 aromatic heterocycles. The Labute approximate surface area is 136 Å². The molecule has 0 bridgehead atoms. The van der Waals surface area contributed by atoms with E-state index in [-0.39, 0.29) is 29.7 Å². The highest BCUT2D eigenvalue weighted by Gasteiger charge is 2.19. The number of rotatable bonds is 7. The molecule has 0 unspecified atom stereocenters. The zero-order valence-electron chi connectivity index (χ0n) is 12.9. The first-order chi connectivity index (χ1) is 11.5. The van der Waals surface area contributed by atoms with E-state index >= 15 is 0 Å². The van der Waals surface area contributed by atoms with Gasteiger partial charge in [0.25, 0.3) is 0 Å². The first-order valence-corrected chi connectivity index (χ1v) is 7.16. The summed E-state index contributed by atoms with van der Waals surface area (Å²) in [4.78, 5) is 23.5. The van der Waals surface area contributed by atoms with Crippen LogP contribution < -0.4 is 10.1 Å². The van der Waals surface area contributed by atoms with E-state index in [1.807, 2.05) is 0 Å². The van der Waals surface area contributed by atoms with Crippen LogP contribution in [0.4, 0.5) is 14.5 Å². The van der Waals surface area contributed by atoms with Crippen molar-refractivity contribution in [1.29, 1.82) is 0 Å². The SMILES string of the molecule is COC(=O)c1cc(NC(=O)CO[C@@H]2CCOC2)ccc1OC(F)F. The maximum atomic E-state index is 12.4. The van der Waals surface area contributed by atoms with Gasteiger partial charge in [-0.25, -0.2) is 4.79 Å². The average molecular weight is 345 g/mol. The number of halogens is 2. The number of carbonyl (C=O) groups is 2. The van der Waals surface area contributed by atoms with Crippen molar-refractivity contribution >= 4 is 17.6 Å². The molecule has 0 saturated carbocycles. The number of carbonyl (C=O) groups excluding carboxylic acids is 2. The summed E-state index contributed by atoms with van der Waals surface area (Å²) in [5, 5.41) is 2.51. The molecule has 9 heteroatoms. The zero-order valence-corrected chi connectivity index (χ0v) is 12.9. The van der Waals surface area contributed by atoms with Crippen LogP contribution in [0.2, 0.25) is 0 Å². The van der Waals surface area contributed by atoms with Gasteiger partial charge in [-0.2, -0.15) is 8.78 Å². The third-order valence-corrected chi connectivity index (χ3v) is 3.22. The molecule has 1 heterocycles. The molecule has 1 aliphatic heterocycles. The van der Waals surface area contributed by atoms with Crippen molar-refractivity contribution < 1.29 is 37.3 Å². The molecule has 1 saturated heterocycles. The van der Waals surface area contributed by atoms with E-state index in [9.17, 15) is 18.4 Å². The van der Waals surface area contributed by atoms with E-state index in [1.165, 1.54) is 12.1 Å². The number of ether oxygens (including phenoxy) is 4. The summed E-state index contributed by atoms with van der Waals surface area (Å²) in [5.74, 6) is -1.64. The second-order valence-electron chi connectivity index (χ2n) is 4.93. The summed E-state index contributed by atoms with van der Waals surface area (Å²) >= 11 is 0. The topological polar surface area (TPSA) is 83.1 Å². The predicted molar refractivity (Wildman–Crippen MR) is 78.2 cm³/mol. The summed E-state index contributed by atoms with van der Waals surface area (Å²) in [7, 11) is 1.11. The van der Waals surface area contributed by atoms with Crippen LogP contribution in [0.25, 0.3) is 0 Å². The predicted octanol–water partition coefficient (Wildman–Crippen LogP) is 1.82. The Kier molecular flexibility index (Phi) is 6.44. The van der Waals surface area contributed by atoms with Crippen molar-refractivity contribution in [3.63, 3.8) is 0 Å². The fraction of sp³-hybridized carbons (Fsp3) is 0.467. The number of nitrogens with one attached hydrogen (secondary N) is 1. The van der Waals surface area contributed by atoms with Crippen LogP contribution in [0.15, 0.2) is 18.2 Å². The van der Waals surface area contributed by atoms with Crippen molar-refractivity contribution in [2.45, 2.75) is 19.1 Å². The number of anilines is 1. The quantitative estimate of drug-likeness (QED) is 0.759. The van der Waals surface area contributed by atoms with E-state index in [4.69, 9.17) is 9.47 Å². The summed E-state index contributed by atoms with van der Waals surface area (Å²) in [6, 6.07) is 3.68. The molecule has 1 aromatic carbocycles. The molecule has 2 rings (SSSR count). The van der Waals surface area contributed by atoms with E-state index in [0.29, 0.717) is 13.2 Å². The van der Waals surface area contributed by atoms with Crippen molar-refractivity contribution in [2.75, 3.05) is 32.2 Å². The number of alkyl halides is 2. The highest BCUT2D eigenvalue weighted by molar-refractivity contribution is 5.96. The van der Waals surface area contributed by atoms with Gasteiger partial charge in [-0.1, -0.05) is 0 Å². The van der Waals surface area contributed by atoms with E-state index in [2.05, 4.69) is 14.8 Å². The van der Waals surface area contributed by atoms with Gasteiger partial charge in [0.15, 0.2) is 0 Å². The first kappa shape index (κ1) is 18.1. The molecule has 24 heavy (non-hydrogen) atoms. The average Bonchev–Trinajstić information content (AvgIpc) is 3.06. The highest BCUT2D eigenvalue weighted by atomic mass is 19.3. The number of hydrogen-bond donors (Lipinski definition) is 1. The van der Waals surface area contributed by atoms with Crippen LogP contribution in [0, 0.1) is 0 Å². The summed E-state index contributed by atoms with van der Waals surface area (Å²) in [6.45, 7) is -2.23. The third kappa shape index (κ3) is 5.14. The van der Waals surface area contributed by atoms with Crippen LogP contribution >= 0.6 is 0 Å². The fourth-order valence-corrected chi connectivity index (χ4v) is 2.11. The van der Waals surface area contributed by atoms with E-state index in [0.717, 1.165) is 19.6 Å². The second kappa shape index (κ2) is 8.55. The number of benzene rings is 1. The molecule has 0 radical (unpaired) electrons. The molecule has 1 aliphatic rings. The Hall–Kier alpha value is -2.26. The lowest BCUT2D eigenvalue weighted by Gasteiger charge is -2.13. The first-order valence-electron chi connectivity index (χ1n) is 7.16. The largest absolute Gasteiger partial charge is 0.465 e. The Morgan fingerprint density at radius 3 is 2.83 bits per heavy atom. The lowest BCUT2D eigenvalue weighted by Crippen LogP contribution is -2.23. The minimum absolute atomic E-state index is 0.122. The van der Waals surface area contributed by atoms with Gasteiger partial charge in [-0.3, -0.25) is 4.79 Å². The zero-order chi connectivity index (χ0) is 17.5. The van der Waals surface area contributed by atoms with Gasteiger partial charge in [-0.05, 0) is 24.6 Å². The maximum Gasteiger partial charge on any atom is 0.387 e. The van der Waals surface area contributed by atoms with Gasteiger partial charge in [0.2, 0.25) is 5.91 Å². The summed E-state index contributed by atoms with van der Waals surface area (Å²) in [6.07, 6.45) is 0.600. The molecule has 1 amide bonds. The lowest BCUT2D eigenvalue weighted by atomic mass is 10.1. The molecule has 7 nitrogen and oxygen atoms in total. The van der Waals surface area contributed by atoms with Gasteiger partial charge < -0.3 is 24.3 Å². The highest BCUT2D eigenvalue weighted by Crippen LogP contribution is 2.25. The van der Waals surface area contributed by atoms with E-state index < -0.39 is 18.5 Å². The van der Waals surface area contributed by atoms with Crippen LogP contribution in [0.3, 0.4) is 0 Å². The minimum atomic E-state index is -3.09. The van der Waals surface area contributed by atoms with Crippen molar-refractivity contribution in [3.05, 3.63) is 23.8 Å². The number of esters is 1. The number of methoxy groups -OCH3 is 1. The monoisotopic (exact) mass is 345 g/mol. The second-order valence-corrected chi connectivity index (χ2v) is 4.93. The molecule has 132 valence electrons. The Balaban J connectivity index is 2.01. The molecular weight excluding hydrogens is 328 g/mol.